The molecule has 1 aliphatic heterocycles. The second-order valence-electron chi connectivity index (χ2n) is 9.89. The molecule has 0 aromatic heterocycles. The number of rotatable bonds is 8. The molecule has 4 rings (SSSR count). The maximum atomic E-state index is 11.2. The zero-order valence-corrected chi connectivity index (χ0v) is 20.8. The third kappa shape index (κ3) is 5.40. The summed E-state index contributed by atoms with van der Waals surface area (Å²) in [4.78, 5) is 17.9. The normalized spacial score (nSPS) is 23.5. The number of hydrogen-bond acceptors (Lipinski definition) is 7. The third-order valence-electron chi connectivity index (χ3n) is 7.32. The molecule has 7 heteroatoms. The van der Waals surface area contributed by atoms with Crippen molar-refractivity contribution in [1.29, 1.82) is 0 Å². The van der Waals surface area contributed by atoms with Crippen LogP contribution in [0.2, 0.25) is 0 Å². The van der Waals surface area contributed by atoms with Gasteiger partial charge < -0.3 is 14.9 Å². The lowest BCUT2D eigenvalue weighted by Gasteiger charge is -2.37. The van der Waals surface area contributed by atoms with Crippen LogP contribution in [0.15, 0.2) is 58.7 Å². The lowest BCUT2D eigenvalue weighted by molar-refractivity contribution is 0.0593. The van der Waals surface area contributed by atoms with Crippen LogP contribution in [0.3, 0.4) is 0 Å². The molecule has 2 aromatic rings. The van der Waals surface area contributed by atoms with Gasteiger partial charge in [0.05, 0.1) is 6.04 Å². The summed E-state index contributed by atoms with van der Waals surface area (Å²) < 4.78 is 6.53. The fourth-order valence-electron chi connectivity index (χ4n) is 5.43. The van der Waals surface area contributed by atoms with E-state index in [1.54, 1.807) is 6.07 Å². The van der Waals surface area contributed by atoms with Crippen molar-refractivity contribution in [3.8, 4) is 17.2 Å². The topological polar surface area (TPSA) is 94.7 Å². The molecule has 186 valence electrons. The highest BCUT2D eigenvalue weighted by Gasteiger charge is 2.41. The van der Waals surface area contributed by atoms with Gasteiger partial charge >= 0.3 is 0 Å². The molecule has 2 aliphatic rings. The Bertz CT molecular complexity index is 1110. The quantitative estimate of drug-likeness (QED) is 0.297. The molecule has 35 heavy (non-hydrogen) atoms. The number of aliphatic imine (C=N–C) groups is 1. The standard InChI is InChI=1S/C28H35N3O4/c1-17(2)12-23(18(3)29-4)19-7-9-22(10-8-19)35-28-25-13-21(32)14-27(33)24(25)15-26(28)31-11-5-6-20(16-31)30-34/h7-10,13-14,20,23,26,28,32-33H,1,5-6,11-12,15-16H2,2-4H3. The zero-order chi connectivity index (χ0) is 25.1. The minimum absolute atomic E-state index is 0.00823. The summed E-state index contributed by atoms with van der Waals surface area (Å²) in [5.41, 5.74) is 4.88. The zero-order valence-electron chi connectivity index (χ0n) is 20.8. The molecule has 4 unspecified atom stereocenters. The number of fused-ring (bicyclic) bond motifs is 1. The minimum atomic E-state index is -0.385. The van der Waals surface area contributed by atoms with Gasteiger partial charge in [-0.05, 0) is 69.8 Å². The first kappa shape index (κ1) is 24.9. The van der Waals surface area contributed by atoms with Gasteiger partial charge in [-0.2, -0.15) is 4.91 Å². The number of hydrogen-bond donors (Lipinski definition) is 2. The molecule has 0 spiro atoms. The van der Waals surface area contributed by atoms with Gasteiger partial charge in [0, 0.05) is 42.4 Å². The summed E-state index contributed by atoms with van der Waals surface area (Å²) in [5.74, 6) is 0.961. The predicted molar refractivity (Wildman–Crippen MR) is 139 cm³/mol. The Balaban J connectivity index is 1.62. The molecule has 1 saturated heterocycles. The van der Waals surface area contributed by atoms with Gasteiger partial charge in [0.2, 0.25) is 0 Å². The van der Waals surface area contributed by atoms with Gasteiger partial charge in [-0.3, -0.25) is 9.89 Å². The van der Waals surface area contributed by atoms with Crippen LogP contribution in [0.4, 0.5) is 0 Å². The first-order valence-electron chi connectivity index (χ1n) is 12.3. The van der Waals surface area contributed by atoms with E-state index in [1.165, 1.54) is 6.07 Å². The first-order chi connectivity index (χ1) is 16.8. The summed E-state index contributed by atoms with van der Waals surface area (Å²) in [6, 6.07) is 10.8. The molecule has 0 amide bonds. The Hall–Kier alpha value is -3.19. The second kappa shape index (κ2) is 10.6. The highest BCUT2D eigenvalue weighted by atomic mass is 16.5. The molecule has 0 saturated carbocycles. The van der Waals surface area contributed by atoms with Crippen LogP contribution < -0.4 is 4.74 Å². The van der Waals surface area contributed by atoms with Crippen LogP contribution in [-0.4, -0.2) is 53.0 Å². The van der Waals surface area contributed by atoms with E-state index in [0.29, 0.717) is 18.7 Å². The number of phenols is 2. The van der Waals surface area contributed by atoms with Crippen LogP contribution in [0.5, 0.6) is 17.2 Å². The van der Waals surface area contributed by atoms with Crippen molar-refractivity contribution in [1.82, 2.24) is 4.90 Å². The molecule has 2 aromatic carbocycles. The summed E-state index contributed by atoms with van der Waals surface area (Å²) in [7, 11) is 1.81. The molecule has 0 bridgehead atoms. The van der Waals surface area contributed by atoms with Gasteiger partial charge in [-0.15, -0.1) is 6.58 Å². The van der Waals surface area contributed by atoms with E-state index in [2.05, 4.69) is 33.8 Å². The Labute approximate surface area is 207 Å². The van der Waals surface area contributed by atoms with Gasteiger partial charge in [0.25, 0.3) is 0 Å². The highest BCUT2D eigenvalue weighted by Crippen LogP contribution is 2.44. The number of piperidine rings is 1. The van der Waals surface area contributed by atoms with E-state index in [4.69, 9.17) is 4.74 Å². The van der Waals surface area contributed by atoms with Crippen LogP contribution in [0.25, 0.3) is 0 Å². The van der Waals surface area contributed by atoms with Crippen molar-refractivity contribution in [3.05, 3.63) is 70.1 Å². The van der Waals surface area contributed by atoms with Crippen LogP contribution in [-0.2, 0) is 6.42 Å². The molecular formula is C28H35N3O4. The summed E-state index contributed by atoms with van der Waals surface area (Å²) in [5, 5.41) is 24.0. The summed E-state index contributed by atoms with van der Waals surface area (Å²) in [6.45, 7) is 9.56. The highest BCUT2D eigenvalue weighted by molar-refractivity contribution is 5.89. The Kier molecular flexibility index (Phi) is 7.55. The van der Waals surface area contributed by atoms with E-state index in [0.717, 1.165) is 53.8 Å². The largest absolute Gasteiger partial charge is 0.508 e. The van der Waals surface area contributed by atoms with E-state index in [1.807, 2.05) is 33.0 Å². The number of benzene rings is 2. The predicted octanol–water partition coefficient (Wildman–Crippen LogP) is 5.51. The van der Waals surface area contributed by atoms with Crippen LogP contribution >= 0.6 is 0 Å². The summed E-state index contributed by atoms with van der Waals surface area (Å²) >= 11 is 0. The third-order valence-corrected chi connectivity index (χ3v) is 7.32. The van der Waals surface area contributed by atoms with Crippen LogP contribution in [0.1, 0.15) is 61.8 Å². The Morgan fingerprint density at radius 2 is 1.97 bits per heavy atom. The smallest absolute Gasteiger partial charge is 0.140 e. The molecule has 4 atom stereocenters. The van der Waals surface area contributed by atoms with E-state index in [9.17, 15) is 15.1 Å². The fourth-order valence-corrected chi connectivity index (χ4v) is 5.43. The molecular weight excluding hydrogens is 442 g/mol. The van der Waals surface area contributed by atoms with Crippen molar-refractivity contribution >= 4 is 5.71 Å². The maximum absolute atomic E-state index is 11.2. The van der Waals surface area contributed by atoms with Crippen molar-refractivity contribution < 1.29 is 14.9 Å². The van der Waals surface area contributed by atoms with E-state index >= 15 is 0 Å². The monoisotopic (exact) mass is 477 g/mol. The minimum Gasteiger partial charge on any atom is -0.508 e. The second-order valence-corrected chi connectivity index (χ2v) is 9.89. The van der Waals surface area contributed by atoms with Gasteiger partial charge in [0.1, 0.15) is 29.4 Å². The molecule has 7 nitrogen and oxygen atoms in total. The molecule has 2 N–H and O–H groups in total. The lowest BCUT2D eigenvalue weighted by Crippen LogP contribution is -2.47. The number of phenolic OH excluding ortho intramolecular Hbond substituents is 2. The Morgan fingerprint density at radius 1 is 1.23 bits per heavy atom. The first-order valence-corrected chi connectivity index (χ1v) is 12.3. The van der Waals surface area contributed by atoms with Gasteiger partial charge in [-0.25, -0.2) is 0 Å². The Morgan fingerprint density at radius 3 is 2.63 bits per heavy atom. The number of allylic oxidation sites excluding steroid dienone is 1. The van der Waals surface area contributed by atoms with Crippen molar-refractivity contribution in [3.63, 3.8) is 0 Å². The number of nitrogens with zero attached hydrogens (tertiary/aromatic N) is 3. The van der Waals surface area contributed by atoms with Crippen molar-refractivity contribution in [2.75, 3.05) is 20.1 Å². The molecule has 0 radical (unpaired) electrons. The SMILES string of the molecule is C=C(C)CC(C(C)=NC)c1ccc(OC2c3cc(O)cc(O)c3CC2N2CCCC(N=O)C2)cc1. The number of aromatic hydroxyl groups is 2. The van der Waals surface area contributed by atoms with Gasteiger partial charge in [-0.1, -0.05) is 22.9 Å². The summed E-state index contributed by atoms with van der Waals surface area (Å²) in [6.07, 6.45) is 2.72. The fraction of sp³-hybridized carbons (Fsp3) is 0.464. The lowest BCUT2D eigenvalue weighted by atomic mass is 9.89. The number of nitroso groups, excluding NO2 is 1. The molecule has 1 aliphatic carbocycles. The van der Waals surface area contributed by atoms with Crippen molar-refractivity contribution in [2.45, 2.75) is 63.6 Å². The van der Waals surface area contributed by atoms with E-state index < -0.39 is 0 Å². The number of likely N-dealkylation sites (tertiary alicyclic amines) is 1. The maximum Gasteiger partial charge on any atom is 0.140 e. The molecule has 1 fully saturated rings. The average Bonchev–Trinajstić information content (AvgIpc) is 3.21. The van der Waals surface area contributed by atoms with Gasteiger partial charge in [0.15, 0.2) is 0 Å². The number of ether oxygens (including phenoxy) is 1. The van der Waals surface area contributed by atoms with E-state index in [-0.39, 0.29) is 35.6 Å². The molecule has 1 heterocycles. The average molecular weight is 478 g/mol. The van der Waals surface area contributed by atoms with Crippen LogP contribution in [0, 0.1) is 4.91 Å². The van der Waals surface area contributed by atoms with Crippen molar-refractivity contribution in [2.24, 2.45) is 10.2 Å².